The van der Waals surface area contributed by atoms with E-state index in [9.17, 15) is 18.0 Å². The first-order valence-corrected chi connectivity index (χ1v) is 11.4. The van der Waals surface area contributed by atoms with Gasteiger partial charge in [-0.3, -0.25) is 9.69 Å². The predicted octanol–water partition coefficient (Wildman–Crippen LogP) is 2.65. The minimum atomic E-state index is -4.80. The van der Waals surface area contributed by atoms with Crippen molar-refractivity contribution in [3.05, 3.63) is 29.6 Å². The van der Waals surface area contributed by atoms with E-state index in [1.807, 2.05) is 0 Å². The van der Waals surface area contributed by atoms with E-state index in [0.717, 1.165) is 38.7 Å². The largest absolute Gasteiger partial charge is 0.480 e. The normalized spacial score (nSPS) is 22.7. The van der Waals surface area contributed by atoms with Crippen LogP contribution in [0.15, 0.2) is 18.3 Å². The number of rotatable bonds is 5. The van der Waals surface area contributed by atoms with Crippen molar-refractivity contribution >= 4 is 5.91 Å². The summed E-state index contributed by atoms with van der Waals surface area (Å²) < 4.78 is 53.2. The fraction of sp³-hybridized carbons (Fsp3) is 0.636. The number of alkyl halides is 3. The van der Waals surface area contributed by atoms with E-state index in [0.29, 0.717) is 23.7 Å². The lowest BCUT2D eigenvalue weighted by Gasteiger charge is -2.39. The minimum absolute atomic E-state index is 0.153. The first kappa shape index (κ1) is 24.4. The number of amides is 1. The van der Waals surface area contributed by atoms with Gasteiger partial charge in [0.05, 0.1) is 31.1 Å². The van der Waals surface area contributed by atoms with Gasteiger partial charge in [-0.2, -0.15) is 18.3 Å². The van der Waals surface area contributed by atoms with Crippen molar-refractivity contribution in [2.24, 2.45) is 5.92 Å². The Morgan fingerprint density at radius 1 is 1.15 bits per heavy atom. The van der Waals surface area contributed by atoms with Gasteiger partial charge >= 0.3 is 6.18 Å². The van der Waals surface area contributed by atoms with Crippen molar-refractivity contribution < 1.29 is 27.4 Å². The second kappa shape index (κ2) is 9.87. The maximum Gasteiger partial charge on any atom is 0.434 e. The van der Waals surface area contributed by atoms with Gasteiger partial charge in [0.1, 0.15) is 0 Å². The van der Waals surface area contributed by atoms with Gasteiger partial charge in [-0.25, -0.2) is 4.68 Å². The molecular formula is C22H29F3N6O3. The highest BCUT2D eigenvalue weighted by Gasteiger charge is 2.42. The van der Waals surface area contributed by atoms with Crippen LogP contribution in [0, 0.1) is 5.92 Å². The molecule has 0 radical (unpaired) electrons. The molecule has 34 heavy (non-hydrogen) atoms. The van der Waals surface area contributed by atoms with Gasteiger partial charge in [0.25, 0.3) is 5.91 Å². The molecule has 2 unspecified atom stereocenters. The summed E-state index contributed by atoms with van der Waals surface area (Å²) in [4.78, 5) is 16.9. The van der Waals surface area contributed by atoms with E-state index < -0.39 is 23.3 Å². The highest BCUT2D eigenvalue weighted by atomic mass is 19.4. The standard InChI is InChI=1S/C22H29F3N6O3/c1-14-11-29(12-15(2)34-14)13-16-6-8-30(9-7-16)21(32)17-10-26-31(20(17)22(23,24)25)18-4-5-19(33-3)28-27-18/h4-5,10,14-16H,6-9,11-13H2,1-3H3. The monoisotopic (exact) mass is 482 g/mol. The van der Waals surface area contributed by atoms with Gasteiger partial charge in [0.15, 0.2) is 11.5 Å². The number of carbonyl (C=O) groups excluding carboxylic acids is 1. The van der Waals surface area contributed by atoms with Crippen molar-refractivity contribution in [3.8, 4) is 11.7 Å². The summed E-state index contributed by atoms with van der Waals surface area (Å²) in [5, 5.41) is 11.3. The number of aromatic nitrogens is 4. The number of nitrogens with zero attached hydrogens (tertiary/aromatic N) is 6. The molecule has 0 bridgehead atoms. The average Bonchev–Trinajstić information content (AvgIpc) is 3.24. The summed E-state index contributed by atoms with van der Waals surface area (Å²) >= 11 is 0. The Morgan fingerprint density at radius 3 is 2.38 bits per heavy atom. The lowest BCUT2D eigenvalue weighted by atomic mass is 9.95. The average molecular weight is 483 g/mol. The van der Waals surface area contributed by atoms with Crippen molar-refractivity contribution in [3.63, 3.8) is 0 Å². The van der Waals surface area contributed by atoms with Gasteiger partial charge in [0.2, 0.25) is 5.88 Å². The summed E-state index contributed by atoms with van der Waals surface area (Å²) in [6.07, 6.45) is -2.00. The van der Waals surface area contributed by atoms with Crippen LogP contribution >= 0.6 is 0 Å². The quantitative estimate of drug-likeness (QED) is 0.648. The van der Waals surface area contributed by atoms with Crippen LogP contribution in [-0.4, -0.2) is 87.7 Å². The van der Waals surface area contributed by atoms with Crippen molar-refractivity contribution in [2.75, 3.05) is 39.8 Å². The smallest absolute Gasteiger partial charge is 0.434 e. The Balaban J connectivity index is 1.45. The zero-order valence-electron chi connectivity index (χ0n) is 19.5. The molecule has 0 saturated carbocycles. The highest BCUT2D eigenvalue weighted by molar-refractivity contribution is 5.95. The lowest BCUT2D eigenvalue weighted by molar-refractivity contribution is -0.143. The van der Waals surface area contributed by atoms with Crippen molar-refractivity contribution in [1.82, 2.24) is 29.8 Å². The molecule has 186 valence electrons. The molecule has 2 saturated heterocycles. The van der Waals surface area contributed by atoms with Gasteiger partial charge in [-0.1, -0.05) is 0 Å². The van der Waals surface area contributed by atoms with Crippen LogP contribution < -0.4 is 4.74 Å². The molecule has 9 nitrogen and oxygen atoms in total. The van der Waals surface area contributed by atoms with E-state index in [2.05, 4.69) is 34.0 Å². The number of piperidine rings is 1. The zero-order valence-corrected chi connectivity index (χ0v) is 19.5. The molecule has 0 N–H and O–H groups in total. The van der Waals surface area contributed by atoms with Gasteiger partial charge in [0, 0.05) is 38.8 Å². The van der Waals surface area contributed by atoms with Crippen LogP contribution in [0.1, 0.15) is 42.7 Å². The minimum Gasteiger partial charge on any atom is -0.480 e. The summed E-state index contributed by atoms with van der Waals surface area (Å²) in [5.41, 5.74) is -1.64. The lowest BCUT2D eigenvalue weighted by Crippen LogP contribution is -2.48. The Labute approximate surface area is 195 Å². The molecule has 2 atom stereocenters. The first-order chi connectivity index (χ1) is 16.2. The second-order valence-electron chi connectivity index (χ2n) is 8.96. The number of hydrogen-bond donors (Lipinski definition) is 0. The fourth-order valence-electron chi connectivity index (χ4n) is 4.77. The molecule has 0 aromatic carbocycles. The molecule has 2 fully saturated rings. The number of morpholine rings is 1. The van der Waals surface area contributed by atoms with E-state index in [-0.39, 0.29) is 23.9 Å². The summed E-state index contributed by atoms with van der Waals surface area (Å²) in [6, 6.07) is 2.69. The Bertz CT molecular complexity index is 979. The molecule has 1 amide bonds. The Hall–Kier alpha value is -2.73. The zero-order chi connectivity index (χ0) is 24.5. The maximum atomic E-state index is 14.0. The maximum absolute atomic E-state index is 14.0. The summed E-state index contributed by atoms with van der Waals surface area (Å²) in [7, 11) is 1.38. The van der Waals surface area contributed by atoms with E-state index in [4.69, 9.17) is 9.47 Å². The fourth-order valence-corrected chi connectivity index (χ4v) is 4.77. The van der Waals surface area contributed by atoms with Gasteiger partial charge in [-0.15, -0.1) is 10.2 Å². The molecule has 2 aliphatic rings. The topological polar surface area (TPSA) is 85.6 Å². The number of methoxy groups -OCH3 is 1. The number of likely N-dealkylation sites (tertiary alicyclic amines) is 1. The third kappa shape index (κ3) is 5.33. The molecule has 0 spiro atoms. The van der Waals surface area contributed by atoms with Gasteiger partial charge in [-0.05, 0) is 38.7 Å². The Morgan fingerprint density at radius 2 is 1.82 bits per heavy atom. The molecule has 4 heterocycles. The highest BCUT2D eigenvalue weighted by Crippen LogP contribution is 2.34. The van der Waals surface area contributed by atoms with Crippen LogP contribution in [0.3, 0.4) is 0 Å². The number of halogens is 3. The van der Waals surface area contributed by atoms with Crippen LogP contribution in [-0.2, 0) is 10.9 Å². The number of hydrogen-bond acceptors (Lipinski definition) is 7. The van der Waals surface area contributed by atoms with Gasteiger partial charge < -0.3 is 14.4 Å². The number of ether oxygens (including phenoxy) is 2. The SMILES string of the molecule is COc1ccc(-n2ncc(C(=O)N3CCC(CN4CC(C)OC(C)C4)CC3)c2C(F)(F)F)nn1. The van der Waals surface area contributed by atoms with Crippen LogP contribution in [0.4, 0.5) is 13.2 Å². The Kier molecular flexibility index (Phi) is 7.08. The predicted molar refractivity (Wildman–Crippen MR) is 116 cm³/mol. The van der Waals surface area contributed by atoms with Crippen molar-refractivity contribution in [2.45, 2.75) is 45.1 Å². The molecule has 2 aromatic rings. The molecule has 2 aliphatic heterocycles. The number of carbonyl (C=O) groups is 1. The van der Waals surface area contributed by atoms with Crippen LogP contribution in [0.2, 0.25) is 0 Å². The van der Waals surface area contributed by atoms with Crippen LogP contribution in [0.25, 0.3) is 5.82 Å². The van der Waals surface area contributed by atoms with Crippen molar-refractivity contribution in [1.29, 1.82) is 0 Å². The third-order valence-corrected chi connectivity index (χ3v) is 6.23. The summed E-state index contributed by atoms with van der Waals surface area (Å²) in [6.45, 7) is 7.56. The molecule has 4 rings (SSSR count). The van der Waals surface area contributed by atoms with Crippen LogP contribution in [0.5, 0.6) is 5.88 Å². The first-order valence-electron chi connectivity index (χ1n) is 11.4. The summed E-state index contributed by atoms with van der Waals surface area (Å²) in [5.74, 6) is -0.280. The van der Waals surface area contributed by atoms with E-state index in [1.165, 1.54) is 24.1 Å². The molecule has 0 aliphatic carbocycles. The van der Waals surface area contributed by atoms with E-state index in [1.54, 1.807) is 0 Å². The second-order valence-corrected chi connectivity index (χ2v) is 8.96. The molecule has 2 aromatic heterocycles. The molecule has 12 heteroatoms. The third-order valence-electron chi connectivity index (χ3n) is 6.23. The molecular weight excluding hydrogens is 453 g/mol. The van der Waals surface area contributed by atoms with E-state index >= 15 is 0 Å².